The Balaban J connectivity index is 2.03. The lowest BCUT2D eigenvalue weighted by Crippen LogP contribution is -2.34. The molecule has 0 bridgehead atoms. The smallest absolute Gasteiger partial charge is 0.412 e. The summed E-state index contributed by atoms with van der Waals surface area (Å²) in [6, 6.07) is 5.66. The Kier molecular flexibility index (Phi) is 5.08. The maximum absolute atomic E-state index is 11.7. The number of rotatable bonds is 2. The molecule has 6 heteroatoms. The van der Waals surface area contributed by atoms with Crippen molar-refractivity contribution in [3.63, 3.8) is 0 Å². The van der Waals surface area contributed by atoms with Crippen LogP contribution in [0.1, 0.15) is 32.4 Å². The lowest BCUT2D eigenvalue weighted by molar-refractivity contribution is 0.0636. The molecule has 0 spiro atoms. The second-order valence-corrected chi connectivity index (χ2v) is 6.36. The summed E-state index contributed by atoms with van der Waals surface area (Å²) >= 11 is 6.23. The van der Waals surface area contributed by atoms with Crippen LogP contribution in [0, 0.1) is 0 Å². The van der Waals surface area contributed by atoms with E-state index in [0.29, 0.717) is 17.3 Å². The Morgan fingerprint density at radius 1 is 1.48 bits per heavy atom. The van der Waals surface area contributed by atoms with Gasteiger partial charge in [-0.25, -0.2) is 4.79 Å². The van der Waals surface area contributed by atoms with Crippen LogP contribution in [0.3, 0.4) is 0 Å². The SMILES string of the molecule is CC(C)(C)OC(=O)Nc1ccc(C2COCCN2)cc1Cl. The minimum atomic E-state index is -0.542. The van der Waals surface area contributed by atoms with Gasteiger partial charge in [-0.05, 0) is 38.5 Å². The third-order valence-electron chi connectivity index (χ3n) is 2.95. The number of hydrogen-bond acceptors (Lipinski definition) is 4. The molecule has 0 aliphatic carbocycles. The van der Waals surface area contributed by atoms with E-state index in [1.165, 1.54) is 0 Å². The molecular formula is C15H21ClN2O3. The van der Waals surface area contributed by atoms with Crippen molar-refractivity contribution in [2.24, 2.45) is 0 Å². The van der Waals surface area contributed by atoms with Crippen LogP contribution < -0.4 is 10.6 Å². The molecule has 116 valence electrons. The molecule has 1 aliphatic rings. The van der Waals surface area contributed by atoms with E-state index in [1.54, 1.807) is 6.07 Å². The summed E-state index contributed by atoms with van der Waals surface area (Å²) in [5.41, 5.74) is 1.03. The first-order chi connectivity index (χ1) is 9.85. The zero-order chi connectivity index (χ0) is 15.5. The lowest BCUT2D eigenvalue weighted by Gasteiger charge is -2.24. The fraction of sp³-hybridized carbons (Fsp3) is 0.533. The van der Waals surface area contributed by atoms with E-state index in [1.807, 2.05) is 32.9 Å². The molecule has 0 radical (unpaired) electrons. The van der Waals surface area contributed by atoms with Gasteiger partial charge in [0.05, 0.1) is 30.0 Å². The molecule has 1 heterocycles. The van der Waals surface area contributed by atoms with Crippen LogP contribution in [0.5, 0.6) is 0 Å². The summed E-state index contributed by atoms with van der Waals surface area (Å²) in [7, 11) is 0. The standard InChI is InChI=1S/C15H21ClN2O3/c1-15(2,3)21-14(19)18-12-5-4-10(8-11(12)16)13-9-20-7-6-17-13/h4-5,8,13,17H,6-7,9H2,1-3H3,(H,18,19). The topological polar surface area (TPSA) is 59.6 Å². The molecule has 1 amide bonds. The Bertz CT molecular complexity index is 508. The zero-order valence-electron chi connectivity index (χ0n) is 12.5. The summed E-state index contributed by atoms with van der Waals surface area (Å²) < 4.78 is 10.6. The van der Waals surface area contributed by atoms with E-state index in [-0.39, 0.29) is 6.04 Å². The second kappa shape index (κ2) is 6.64. The highest BCUT2D eigenvalue weighted by Gasteiger charge is 2.19. The summed E-state index contributed by atoms with van der Waals surface area (Å²) in [6.07, 6.45) is -0.517. The van der Waals surface area contributed by atoms with Gasteiger partial charge in [0.2, 0.25) is 0 Å². The van der Waals surface area contributed by atoms with Crippen molar-refractivity contribution in [3.05, 3.63) is 28.8 Å². The van der Waals surface area contributed by atoms with Crippen molar-refractivity contribution in [1.29, 1.82) is 0 Å². The number of benzene rings is 1. The molecule has 0 saturated carbocycles. The number of morpholine rings is 1. The maximum atomic E-state index is 11.7. The number of halogens is 1. The molecule has 1 aromatic rings. The largest absolute Gasteiger partial charge is 0.444 e. The second-order valence-electron chi connectivity index (χ2n) is 5.95. The molecule has 1 saturated heterocycles. The van der Waals surface area contributed by atoms with Crippen molar-refractivity contribution in [2.45, 2.75) is 32.4 Å². The van der Waals surface area contributed by atoms with Gasteiger partial charge in [0.1, 0.15) is 5.60 Å². The normalized spacial score (nSPS) is 19.1. The summed E-state index contributed by atoms with van der Waals surface area (Å²) in [5, 5.41) is 6.49. The Morgan fingerprint density at radius 2 is 2.24 bits per heavy atom. The quantitative estimate of drug-likeness (QED) is 0.879. The molecule has 1 aromatic carbocycles. The first kappa shape index (κ1) is 16.1. The van der Waals surface area contributed by atoms with Gasteiger partial charge >= 0.3 is 6.09 Å². The van der Waals surface area contributed by atoms with Gasteiger partial charge < -0.3 is 14.8 Å². The van der Waals surface area contributed by atoms with Crippen LogP contribution in [0.15, 0.2) is 18.2 Å². The minimum absolute atomic E-state index is 0.131. The molecule has 2 rings (SSSR count). The van der Waals surface area contributed by atoms with Gasteiger partial charge in [-0.3, -0.25) is 5.32 Å². The Hall–Kier alpha value is -1.30. The van der Waals surface area contributed by atoms with Crippen LogP contribution in [0.2, 0.25) is 5.02 Å². The van der Waals surface area contributed by atoms with Crippen molar-refractivity contribution in [3.8, 4) is 0 Å². The minimum Gasteiger partial charge on any atom is -0.444 e. The molecule has 1 atom stereocenters. The summed E-state index contributed by atoms with van der Waals surface area (Å²) in [4.78, 5) is 11.7. The lowest BCUT2D eigenvalue weighted by atomic mass is 10.1. The summed E-state index contributed by atoms with van der Waals surface area (Å²) in [6.45, 7) is 7.60. The molecule has 2 N–H and O–H groups in total. The van der Waals surface area contributed by atoms with E-state index < -0.39 is 11.7 Å². The van der Waals surface area contributed by atoms with Crippen LogP contribution >= 0.6 is 11.6 Å². The van der Waals surface area contributed by atoms with E-state index in [4.69, 9.17) is 21.1 Å². The van der Waals surface area contributed by atoms with E-state index in [2.05, 4.69) is 10.6 Å². The van der Waals surface area contributed by atoms with Crippen LogP contribution in [0.4, 0.5) is 10.5 Å². The number of hydrogen-bond donors (Lipinski definition) is 2. The van der Waals surface area contributed by atoms with Gasteiger partial charge in [0.25, 0.3) is 0 Å². The highest BCUT2D eigenvalue weighted by molar-refractivity contribution is 6.33. The number of carbonyl (C=O) groups excluding carboxylic acids is 1. The van der Waals surface area contributed by atoms with Gasteiger partial charge in [-0.15, -0.1) is 0 Å². The molecule has 1 unspecified atom stereocenters. The number of ether oxygens (including phenoxy) is 2. The molecule has 1 aliphatic heterocycles. The fourth-order valence-electron chi connectivity index (χ4n) is 2.04. The van der Waals surface area contributed by atoms with Crippen molar-refractivity contribution < 1.29 is 14.3 Å². The zero-order valence-corrected chi connectivity index (χ0v) is 13.3. The first-order valence-electron chi connectivity index (χ1n) is 6.96. The molecular weight excluding hydrogens is 292 g/mol. The number of carbonyl (C=O) groups is 1. The number of anilines is 1. The maximum Gasteiger partial charge on any atom is 0.412 e. The van der Waals surface area contributed by atoms with Gasteiger partial charge in [-0.1, -0.05) is 17.7 Å². The number of nitrogens with one attached hydrogen (secondary N) is 2. The summed E-state index contributed by atoms with van der Waals surface area (Å²) in [5.74, 6) is 0. The average molecular weight is 313 g/mol. The Labute approximate surface area is 130 Å². The van der Waals surface area contributed by atoms with E-state index in [9.17, 15) is 4.79 Å². The van der Waals surface area contributed by atoms with E-state index in [0.717, 1.165) is 18.7 Å². The van der Waals surface area contributed by atoms with Gasteiger partial charge in [-0.2, -0.15) is 0 Å². The van der Waals surface area contributed by atoms with Crippen LogP contribution in [-0.2, 0) is 9.47 Å². The highest BCUT2D eigenvalue weighted by Crippen LogP contribution is 2.27. The van der Waals surface area contributed by atoms with Gasteiger partial charge in [0.15, 0.2) is 0 Å². The van der Waals surface area contributed by atoms with Crippen LogP contribution in [0.25, 0.3) is 0 Å². The fourth-order valence-corrected chi connectivity index (χ4v) is 2.28. The van der Waals surface area contributed by atoms with Crippen molar-refractivity contribution in [2.75, 3.05) is 25.1 Å². The third kappa shape index (κ3) is 4.88. The molecule has 0 aromatic heterocycles. The highest BCUT2D eigenvalue weighted by atomic mass is 35.5. The Morgan fingerprint density at radius 3 is 2.81 bits per heavy atom. The monoisotopic (exact) mass is 312 g/mol. The number of amides is 1. The van der Waals surface area contributed by atoms with Crippen molar-refractivity contribution >= 4 is 23.4 Å². The molecule has 21 heavy (non-hydrogen) atoms. The van der Waals surface area contributed by atoms with Crippen LogP contribution in [-0.4, -0.2) is 31.5 Å². The predicted octanol–water partition coefficient (Wildman–Crippen LogP) is 3.35. The van der Waals surface area contributed by atoms with E-state index >= 15 is 0 Å². The third-order valence-corrected chi connectivity index (χ3v) is 3.27. The van der Waals surface area contributed by atoms with Gasteiger partial charge in [0, 0.05) is 6.54 Å². The average Bonchev–Trinajstić information content (AvgIpc) is 2.40. The molecule has 5 nitrogen and oxygen atoms in total. The first-order valence-corrected chi connectivity index (χ1v) is 7.33. The predicted molar refractivity (Wildman–Crippen MR) is 82.9 cm³/mol. The molecule has 1 fully saturated rings. The van der Waals surface area contributed by atoms with Crippen molar-refractivity contribution in [1.82, 2.24) is 5.32 Å².